The summed E-state index contributed by atoms with van der Waals surface area (Å²) in [6, 6.07) is 6.20. The number of rotatable bonds is 3. The van der Waals surface area contributed by atoms with Crippen LogP contribution in [0.4, 0.5) is 4.79 Å². The number of benzene rings is 1. The van der Waals surface area contributed by atoms with Crippen LogP contribution in [0.5, 0.6) is 5.75 Å². The number of carbonyl (C=O) groups is 2. The molecule has 3 amide bonds. The Morgan fingerprint density at radius 2 is 2.16 bits per heavy atom. The Morgan fingerprint density at radius 1 is 1.47 bits per heavy atom. The number of imide groups is 1. The second-order valence-corrected chi connectivity index (χ2v) is 4.50. The van der Waals surface area contributed by atoms with E-state index >= 15 is 0 Å². The normalized spacial score (nSPS) is 11.1. The van der Waals surface area contributed by atoms with Crippen LogP contribution in [0.3, 0.4) is 0 Å². The zero-order valence-corrected chi connectivity index (χ0v) is 11.9. The van der Waals surface area contributed by atoms with Crippen molar-refractivity contribution in [3.05, 3.63) is 28.2 Å². The van der Waals surface area contributed by atoms with Gasteiger partial charge in [-0.15, -0.1) is 0 Å². The van der Waals surface area contributed by atoms with E-state index in [4.69, 9.17) is 10.00 Å². The van der Waals surface area contributed by atoms with Gasteiger partial charge in [-0.3, -0.25) is 10.1 Å². The van der Waals surface area contributed by atoms with Crippen LogP contribution in [0.25, 0.3) is 0 Å². The van der Waals surface area contributed by atoms with E-state index in [9.17, 15) is 9.59 Å². The number of ether oxygens (including phenoxy) is 1. The molecule has 1 rings (SSSR count). The number of hydrogen-bond acceptors (Lipinski definition) is 4. The summed E-state index contributed by atoms with van der Waals surface area (Å²) in [6.07, 6.45) is -0.898. The SMILES string of the molecule is CNC(=O)NC(=O)C(C)Oc1ccc(Br)cc1C#N. The molecule has 0 heterocycles. The molecule has 7 heteroatoms. The minimum Gasteiger partial charge on any atom is -0.479 e. The van der Waals surface area contributed by atoms with Crippen molar-refractivity contribution in [3.63, 3.8) is 0 Å². The van der Waals surface area contributed by atoms with Gasteiger partial charge in [-0.25, -0.2) is 4.79 Å². The van der Waals surface area contributed by atoms with Gasteiger partial charge in [-0.1, -0.05) is 15.9 Å². The Bertz CT molecular complexity index is 540. The third-order valence-electron chi connectivity index (χ3n) is 2.20. The third kappa shape index (κ3) is 4.26. The molecule has 100 valence electrons. The molecule has 19 heavy (non-hydrogen) atoms. The van der Waals surface area contributed by atoms with Gasteiger partial charge in [0.05, 0.1) is 5.56 Å². The fourth-order valence-electron chi connectivity index (χ4n) is 1.21. The van der Waals surface area contributed by atoms with Crippen molar-refractivity contribution < 1.29 is 14.3 Å². The van der Waals surface area contributed by atoms with Crippen molar-refractivity contribution in [2.45, 2.75) is 13.0 Å². The highest BCUT2D eigenvalue weighted by Gasteiger charge is 2.18. The van der Waals surface area contributed by atoms with E-state index in [0.29, 0.717) is 5.56 Å². The second-order valence-electron chi connectivity index (χ2n) is 3.58. The number of nitrogens with zero attached hydrogens (tertiary/aromatic N) is 1. The molecule has 0 saturated heterocycles. The van der Waals surface area contributed by atoms with E-state index in [-0.39, 0.29) is 5.75 Å². The van der Waals surface area contributed by atoms with Crippen LogP contribution >= 0.6 is 15.9 Å². The number of halogens is 1. The van der Waals surface area contributed by atoms with Crippen LogP contribution in [-0.2, 0) is 4.79 Å². The maximum Gasteiger partial charge on any atom is 0.321 e. The molecule has 0 spiro atoms. The molecule has 1 aromatic rings. The minimum absolute atomic E-state index is 0.283. The summed E-state index contributed by atoms with van der Waals surface area (Å²) in [4.78, 5) is 22.6. The zero-order chi connectivity index (χ0) is 14.4. The molecular weight excluding hydrogens is 314 g/mol. The summed E-state index contributed by atoms with van der Waals surface area (Å²) < 4.78 is 6.10. The van der Waals surface area contributed by atoms with E-state index in [2.05, 4.69) is 26.6 Å². The Hall–Kier alpha value is -2.07. The predicted octanol–water partition coefficient (Wildman–Crippen LogP) is 1.54. The standard InChI is InChI=1S/C12H12BrN3O3/c1-7(11(17)16-12(18)15-2)19-10-4-3-9(13)5-8(10)6-14/h3-5,7H,1-2H3,(H2,15,16,17,18). The van der Waals surface area contributed by atoms with Gasteiger partial charge in [0.25, 0.3) is 5.91 Å². The van der Waals surface area contributed by atoms with Gasteiger partial charge < -0.3 is 10.1 Å². The largest absolute Gasteiger partial charge is 0.479 e. The average molecular weight is 326 g/mol. The first-order valence-corrected chi connectivity index (χ1v) is 6.16. The molecule has 1 unspecified atom stereocenters. The number of hydrogen-bond donors (Lipinski definition) is 2. The van der Waals surface area contributed by atoms with Gasteiger partial charge >= 0.3 is 6.03 Å². The molecule has 1 aromatic carbocycles. The lowest BCUT2D eigenvalue weighted by molar-refractivity contribution is -0.126. The molecule has 0 aliphatic heterocycles. The van der Waals surface area contributed by atoms with Crippen molar-refractivity contribution in [2.75, 3.05) is 7.05 Å². The summed E-state index contributed by atoms with van der Waals surface area (Å²) in [5.41, 5.74) is 0.300. The minimum atomic E-state index is -0.898. The number of urea groups is 1. The monoisotopic (exact) mass is 325 g/mol. The van der Waals surface area contributed by atoms with E-state index in [1.807, 2.05) is 6.07 Å². The topological polar surface area (TPSA) is 91.2 Å². The van der Waals surface area contributed by atoms with Crippen molar-refractivity contribution in [1.82, 2.24) is 10.6 Å². The Labute approximate surface area is 118 Å². The smallest absolute Gasteiger partial charge is 0.321 e. The molecule has 2 N–H and O–H groups in total. The maximum atomic E-state index is 11.6. The summed E-state index contributed by atoms with van der Waals surface area (Å²) >= 11 is 3.24. The fourth-order valence-corrected chi connectivity index (χ4v) is 1.57. The van der Waals surface area contributed by atoms with Gasteiger partial charge in [-0.05, 0) is 25.1 Å². The van der Waals surface area contributed by atoms with E-state index < -0.39 is 18.0 Å². The van der Waals surface area contributed by atoms with Crippen LogP contribution in [0, 0.1) is 11.3 Å². The molecule has 0 saturated carbocycles. The molecule has 1 atom stereocenters. The quantitative estimate of drug-likeness (QED) is 0.881. The van der Waals surface area contributed by atoms with Gasteiger partial charge in [0.2, 0.25) is 0 Å². The van der Waals surface area contributed by atoms with Gasteiger partial charge in [0, 0.05) is 11.5 Å². The highest BCUT2D eigenvalue weighted by Crippen LogP contribution is 2.23. The second kappa shape index (κ2) is 6.75. The van der Waals surface area contributed by atoms with Crippen LogP contribution < -0.4 is 15.4 Å². The first-order valence-electron chi connectivity index (χ1n) is 5.36. The summed E-state index contributed by atoms with van der Waals surface area (Å²) in [5, 5.41) is 13.3. The Balaban J connectivity index is 2.77. The number of nitriles is 1. The van der Waals surface area contributed by atoms with E-state index in [0.717, 1.165) is 4.47 Å². The molecule has 0 aliphatic rings. The van der Waals surface area contributed by atoms with Crippen molar-refractivity contribution in [1.29, 1.82) is 5.26 Å². The predicted molar refractivity (Wildman–Crippen MR) is 71.5 cm³/mol. The van der Waals surface area contributed by atoms with Crippen molar-refractivity contribution in [3.8, 4) is 11.8 Å². The van der Waals surface area contributed by atoms with Crippen molar-refractivity contribution in [2.24, 2.45) is 0 Å². The third-order valence-corrected chi connectivity index (χ3v) is 2.69. The molecule has 0 bridgehead atoms. The van der Waals surface area contributed by atoms with Gasteiger partial charge in [-0.2, -0.15) is 5.26 Å². The average Bonchev–Trinajstić information content (AvgIpc) is 2.40. The maximum absolute atomic E-state index is 11.6. The molecule has 0 aliphatic carbocycles. The fraction of sp³-hybridized carbons (Fsp3) is 0.250. The first-order chi connectivity index (χ1) is 8.97. The van der Waals surface area contributed by atoms with Gasteiger partial charge in [0.15, 0.2) is 6.10 Å². The van der Waals surface area contributed by atoms with Crippen LogP contribution in [0.15, 0.2) is 22.7 Å². The van der Waals surface area contributed by atoms with E-state index in [1.54, 1.807) is 18.2 Å². The van der Waals surface area contributed by atoms with E-state index in [1.165, 1.54) is 14.0 Å². The summed E-state index contributed by atoms with van der Waals surface area (Å²) in [5.74, 6) is -0.309. The first kappa shape index (κ1) is 15.0. The lowest BCUT2D eigenvalue weighted by Gasteiger charge is -2.14. The van der Waals surface area contributed by atoms with Crippen LogP contribution in [0.2, 0.25) is 0 Å². The summed E-state index contributed by atoms with van der Waals surface area (Å²) in [7, 11) is 1.40. The molecule has 6 nitrogen and oxygen atoms in total. The van der Waals surface area contributed by atoms with Crippen molar-refractivity contribution >= 4 is 27.9 Å². The lowest BCUT2D eigenvalue weighted by atomic mass is 10.2. The Morgan fingerprint density at radius 3 is 2.74 bits per heavy atom. The number of nitrogens with one attached hydrogen (secondary N) is 2. The highest BCUT2D eigenvalue weighted by molar-refractivity contribution is 9.10. The lowest BCUT2D eigenvalue weighted by Crippen LogP contribution is -2.44. The number of carbonyl (C=O) groups excluding carboxylic acids is 2. The molecule has 0 radical (unpaired) electrons. The number of amides is 3. The summed E-state index contributed by atoms with van der Waals surface area (Å²) in [6.45, 7) is 1.49. The molecular formula is C12H12BrN3O3. The van der Waals surface area contributed by atoms with Crippen LogP contribution in [-0.4, -0.2) is 25.1 Å². The Kier molecular flexibility index (Phi) is 5.33. The molecule has 0 fully saturated rings. The van der Waals surface area contributed by atoms with Crippen LogP contribution in [0.1, 0.15) is 12.5 Å². The zero-order valence-electron chi connectivity index (χ0n) is 10.4. The molecule has 0 aromatic heterocycles. The highest BCUT2D eigenvalue weighted by atomic mass is 79.9. The van der Waals surface area contributed by atoms with Gasteiger partial charge in [0.1, 0.15) is 11.8 Å².